The number of rotatable bonds is 8. The third-order valence-electron chi connectivity index (χ3n) is 4.10. The van der Waals surface area contributed by atoms with Gasteiger partial charge in [-0.3, -0.25) is 19.3 Å². The smallest absolute Gasteiger partial charge is 0.387 e. The molecular formula is C21H17BrF2N2O5S. The first-order chi connectivity index (χ1) is 15.3. The van der Waals surface area contributed by atoms with Crippen LogP contribution in [-0.4, -0.2) is 41.7 Å². The van der Waals surface area contributed by atoms with Crippen LogP contribution in [0.15, 0.2) is 51.8 Å². The molecule has 3 amide bonds. The standard InChI is InChI=1S/C21H17BrF2N2O5S/c1-2-30-16-9-12(7-8-15(16)31-20(23)24)10-17-19(28)26(21(29)32-17)11-18(27)25-14-6-4-3-5-13(14)22/h3-10,20H,2,11H2,1H3,(H,25,27)/b17-10-. The molecule has 0 saturated carbocycles. The lowest BCUT2D eigenvalue weighted by Crippen LogP contribution is -2.36. The van der Waals surface area contributed by atoms with Gasteiger partial charge in [0.15, 0.2) is 11.5 Å². The van der Waals surface area contributed by atoms with Crippen molar-refractivity contribution in [3.8, 4) is 11.5 Å². The Balaban J connectivity index is 1.74. The normalized spacial score (nSPS) is 14.9. The fraction of sp³-hybridized carbons (Fsp3) is 0.190. The number of thioether (sulfide) groups is 1. The Morgan fingerprint density at radius 3 is 2.66 bits per heavy atom. The number of ether oxygens (including phenoxy) is 2. The summed E-state index contributed by atoms with van der Waals surface area (Å²) in [7, 11) is 0. The molecule has 1 N–H and O–H groups in total. The molecule has 2 aromatic carbocycles. The predicted molar refractivity (Wildman–Crippen MR) is 120 cm³/mol. The molecule has 2 aromatic rings. The molecule has 1 fully saturated rings. The highest BCUT2D eigenvalue weighted by molar-refractivity contribution is 9.10. The quantitative estimate of drug-likeness (QED) is 0.480. The third-order valence-corrected chi connectivity index (χ3v) is 5.70. The highest BCUT2D eigenvalue weighted by atomic mass is 79.9. The number of carbonyl (C=O) groups excluding carboxylic acids is 3. The summed E-state index contributed by atoms with van der Waals surface area (Å²) in [6, 6.07) is 11.1. The lowest BCUT2D eigenvalue weighted by Gasteiger charge is -2.13. The molecule has 3 rings (SSSR count). The number of benzene rings is 2. The summed E-state index contributed by atoms with van der Waals surface area (Å²) in [5, 5.41) is 2.04. The van der Waals surface area contributed by atoms with Crippen LogP contribution in [0.25, 0.3) is 6.08 Å². The van der Waals surface area contributed by atoms with E-state index in [-0.39, 0.29) is 23.0 Å². The van der Waals surface area contributed by atoms with Crippen LogP contribution >= 0.6 is 27.7 Å². The number of hydrogen-bond donors (Lipinski definition) is 1. The third kappa shape index (κ3) is 5.86. The summed E-state index contributed by atoms with van der Waals surface area (Å²) in [5.41, 5.74) is 0.952. The second-order valence-corrected chi connectivity index (χ2v) is 8.16. The molecule has 0 aromatic heterocycles. The van der Waals surface area contributed by atoms with Crippen molar-refractivity contribution in [2.45, 2.75) is 13.5 Å². The SMILES string of the molecule is CCOc1cc(/C=C2\SC(=O)N(CC(=O)Nc3ccccc3Br)C2=O)ccc1OC(F)F. The first-order valence-corrected chi connectivity index (χ1v) is 10.9. The van der Waals surface area contributed by atoms with Gasteiger partial charge in [-0.05, 0) is 70.5 Å². The van der Waals surface area contributed by atoms with Crippen molar-refractivity contribution in [2.75, 3.05) is 18.5 Å². The van der Waals surface area contributed by atoms with E-state index in [1.165, 1.54) is 24.3 Å². The molecule has 11 heteroatoms. The first kappa shape index (κ1) is 23.7. The number of hydrogen-bond acceptors (Lipinski definition) is 6. The van der Waals surface area contributed by atoms with Crippen molar-refractivity contribution in [1.29, 1.82) is 0 Å². The zero-order valence-corrected chi connectivity index (χ0v) is 19.0. The minimum Gasteiger partial charge on any atom is -0.490 e. The molecule has 7 nitrogen and oxygen atoms in total. The molecule has 0 aliphatic carbocycles. The molecule has 0 unspecified atom stereocenters. The number of alkyl halides is 2. The molecular weight excluding hydrogens is 510 g/mol. The summed E-state index contributed by atoms with van der Waals surface area (Å²) >= 11 is 3.99. The van der Waals surface area contributed by atoms with Crippen LogP contribution in [0.5, 0.6) is 11.5 Å². The zero-order valence-electron chi connectivity index (χ0n) is 16.6. The first-order valence-electron chi connectivity index (χ1n) is 9.30. The van der Waals surface area contributed by atoms with Crippen molar-refractivity contribution < 1.29 is 32.6 Å². The summed E-state index contributed by atoms with van der Waals surface area (Å²) in [6.07, 6.45) is 1.42. The lowest BCUT2D eigenvalue weighted by molar-refractivity contribution is -0.127. The molecule has 0 spiro atoms. The second-order valence-electron chi connectivity index (χ2n) is 6.31. The fourth-order valence-electron chi connectivity index (χ4n) is 2.76. The van der Waals surface area contributed by atoms with Crippen molar-refractivity contribution in [3.05, 3.63) is 57.4 Å². The Labute approximate surface area is 194 Å². The van der Waals surface area contributed by atoms with Gasteiger partial charge in [0.25, 0.3) is 11.1 Å². The largest absolute Gasteiger partial charge is 0.490 e. The maximum absolute atomic E-state index is 12.7. The molecule has 0 atom stereocenters. The van der Waals surface area contributed by atoms with Crippen molar-refractivity contribution >= 4 is 56.5 Å². The number of halogens is 3. The molecule has 1 aliphatic rings. The van der Waals surface area contributed by atoms with Crippen LogP contribution < -0.4 is 14.8 Å². The summed E-state index contributed by atoms with van der Waals surface area (Å²) in [5.74, 6) is -1.23. The fourth-order valence-corrected chi connectivity index (χ4v) is 3.98. The van der Waals surface area contributed by atoms with Gasteiger partial charge in [0.05, 0.1) is 17.2 Å². The number of para-hydroxylation sites is 1. The van der Waals surface area contributed by atoms with Crippen LogP contribution in [0.3, 0.4) is 0 Å². The van der Waals surface area contributed by atoms with Gasteiger partial charge < -0.3 is 14.8 Å². The van der Waals surface area contributed by atoms with Gasteiger partial charge in [0.2, 0.25) is 5.91 Å². The van der Waals surface area contributed by atoms with Crippen LogP contribution in [0.2, 0.25) is 0 Å². The van der Waals surface area contributed by atoms with Crippen LogP contribution in [0.4, 0.5) is 19.3 Å². The van der Waals surface area contributed by atoms with Crippen molar-refractivity contribution in [2.24, 2.45) is 0 Å². The van der Waals surface area contributed by atoms with E-state index >= 15 is 0 Å². The maximum atomic E-state index is 12.7. The van der Waals surface area contributed by atoms with E-state index in [1.807, 2.05) is 0 Å². The van der Waals surface area contributed by atoms with Gasteiger partial charge in [-0.25, -0.2) is 0 Å². The zero-order chi connectivity index (χ0) is 23.3. The molecule has 1 saturated heterocycles. The van der Waals surface area contributed by atoms with E-state index in [0.717, 1.165) is 4.90 Å². The highest BCUT2D eigenvalue weighted by Crippen LogP contribution is 2.35. The Bertz CT molecular complexity index is 1080. The van der Waals surface area contributed by atoms with Crippen LogP contribution in [0.1, 0.15) is 12.5 Å². The van der Waals surface area contributed by atoms with Crippen molar-refractivity contribution in [1.82, 2.24) is 4.90 Å². The molecule has 32 heavy (non-hydrogen) atoms. The molecule has 0 bridgehead atoms. The summed E-state index contributed by atoms with van der Waals surface area (Å²) in [6.45, 7) is -1.57. The molecule has 1 aliphatic heterocycles. The summed E-state index contributed by atoms with van der Waals surface area (Å²) in [4.78, 5) is 38.2. The predicted octanol–water partition coefficient (Wildman–Crippen LogP) is 5.12. The average molecular weight is 527 g/mol. The molecule has 168 valence electrons. The van der Waals surface area contributed by atoms with E-state index in [9.17, 15) is 23.2 Å². The van der Waals surface area contributed by atoms with E-state index in [4.69, 9.17) is 4.74 Å². The number of nitrogens with one attached hydrogen (secondary N) is 1. The van der Waals surface area contributed by atoms with Gasteiger partial charge in [-0.2, -0.15) is 8.78 Å². The maximum Gasteiger partial charge on any atom is 0.387 e. The number of amides is 3. The van der Waals surface area contributed by atoms with E-state index in [1.54, 1.807) is 31.2 Å². The number of carbonyl (C=O) groups is 3. The van der Waals surface area contributed by atoms with Gasteiger partial charge in [-0.1, -0.05) is 18.2 Å². The summed E-state index contributed by atoms with van der Waals surface area (Å²) < 4.78 is 35.5. The van der Waals surface area contributed by atoms with E-state index < -0.39 is 30.2 Å². The van der Waals surface area contributed by atoms with Crippen molar-refractivity contribution in [3.63, 3.8) is 0 Å². The minimum absolute atomic E-state index is 0.0774. The average Bonchev–Trinajstić information content (AvgIpc) is 2.99. The molecule has 1 heterocycles. The Kier molecular flexibility index (Phi) is 7.86. The number of anilines is 1. The van der Waals surface area contributed by atoms with E-state index in [0.29, 0.717) is 27.5 Å². The lowest BCUT2D eigenvalue weighted by atomic mass is 10.2. The molecule has 0 radical (unpaired) electrons. The van der Waals surface area contributed by atoms with Gasteiger partial charge in [0, 0.05) is 4.47 Å². The number of nitrogens with zero attached hydrogens (tertiary/aromatic N) is 1. The van der Waals surface area contributed by atoms with Gasteiger partial charge >= 0.3 is 6.61 Å². The van der Waals surface area contributed by atoms with Crippen LogP contribution in [0, 0.1) is 0 Å². The van der Waals surface area contributed by atoms with Gasteiger partial charge in [-0.15, -0.1) is 0 Å². The Morgan fingerprint density at radius 2 is 1.97 bits per heavy atom. The highest BCUT2D eigenvalue weighted by Gasteiger charge is 2.36. The number of imide groups is 1. The monoisotopic (exact) mass is 526 g/mol. The second kappa shape index (κ2) is 10.6. The minimum atomic E-state index is -3.01. The van der Waals surface area contributed by atoms with Gasteiger partial charge in [0.1, 0.15) is 6.54 Å². The Hall–Kier alpha value is -2.92. The Morgan fingerprint density at radius 1 is 1.22 bits per heavy atom. The topological polar surface area (TPSA) is 84.9 Å². The van der Waals surface area contributed by atoms with E-state index in [2.05, 4.69) is 26.0 Å². The van der Waals surface area contributed by atoms with Crippen LogP contribution in [-0.2, 0) is 9.59 Å².